The van der Waals surface area contributed by atoms with Gasteiger partial charge in [0.25, 0.3) is 0 Å². The lowest BCUT2D eigenvalue weighted by Crippen LogP contribution is -2.56. The Morgan fingerprint density at radius 3 is 2.75 bits per heavy atom. The number of hydrogen-bond acceptors (Lipinski definition) is 3. The van der Waals surface area contributed by atoms with Crippen molar-refractivity contribution in [1.82, 2.24) is 9.80 Å². The maximum atomic E-state index is 12.0. The monoisotopic (exact) mass is 228 g/mol. The van der Waals surface area contributed by atoms with Crippen molar-refractivity contribution < 1.29 is 14.7 Å². The van der Waals surface area contributed by atoms with Crippen LogP contribution in [0.4, 0.5) is 0 Å². The first kappa shape index (κ1) is 13.0. The molecule has 5 nitrogen and oxygen atoms in total. The zero-order valence-electron chi connectivity index (χ0n) is 9.98. The second kappa shape index (κ2) is 5.84. The molecule has 16 heavy (non-hydrogen) atoms. The summed E-state index contributed by atoms with van der Waals surface area (Å²) < 4.78 is 0. The van der Waals surface area contributed by atoms with E-state index in [0.29, 0.717) is 6.54 Å². The van der Waals surface area contributed by atoms with E-state index in [1.165, 1.54) is 0 Å². The van der Waals surface area contributed by atoms with E-state index < -0.39 is 12.0 Å². The molecule has 1 saturated heterocycles. The molecule has 1 atom stereocenters. The number of carboxylic acids is 1. The minimum absolute atomic E-state index is 0.0374. The number of carbonyl (C=O) groups excluding carboxylic acids is 1. The molecule has 0 radical (unpaired) electrons. The van der Waals surface area contributed by atoms with Crippen molar-refractivity contribution in [2.45, 2.75) is 32.2 Å². The summed E-state index contributed by atoms with van der Waals surface area (Å²) in [4.78, 5) is 26.3. The average Bonchev–Trinajstić information content (AvgIpc) is 2.23. The zero-order valence-corrected chi connectivity index (χ0v) is 9.98. The van der Waals surface area contributed by atoms with Gasteiger partial charge in [-0.15, -0.1) is 0 Å². The van der Waals surface area contributed by atoms with Gasteiger partial charge in [0.2, 0.25) is 5.91 Å². The number of rotatable bonds is 5. The zero-order chi connectivity index (χ0) is 12.1. The first-order valence-corrected chi connectivity index (χ1v) is 5.77. The molecule has 0 aromatic heterocycles. The van der Waals surface area contributed by atoms with Crippen molar-refractivity contribution in [2.75, 3.05) is 26.7 Å². The Morgan fingerprint density at radius 1 is 1.50 bits per heavy atom. The lowest BCUT2D eigenvalue weighted by molar-refractivity contribution is -0.148. The van der Waals surface area contributed by atoms with Crippen LogP contribution in [0.3, 0.4) is 0 Å². The third kappa shape index (κ3) is 3.20. The molecule has 1 amide bonds. The summed E-state index contributed by atoms with van der Waals surface area (Å²) in [6, 6.07) is -0.483. The summed E-state index contributed by atoms with van der Waals surface area (Å²) in [7, 11) is 1.81. The fourth-order valence-corrected chi connectivity index (χ4v) is 1.92. The molecule has 1 N–H and O–H groups in total. The normalized spacial score (nSPS) is 22.5. The Hall–Kier alpha value is -1.10. The van der Waals surface area contributed by atoms with Gasteiger partial charge in [-0.2, -0.15) is 0 Å². The summed E-state index contributed by atoms with van der Waals surface area (Å²) in [5.41, 5.74) is 0. The molecule has 0 bridgehead atoms. The molecule has 5 heteroatoms. The first-order valence-electron chi connectivity index (χ1n) is 5.77. The number of nitrogens with zero attached hydrogens (tertiary/aromatic N) is 2. The van der Waals surface area contributed by atoms with Gasteiger partial charge in [0.05, 0.1) is 12.5 Å². The Balaban J connectivity index is 2.59. The van der Waals surface area contributed by atoms with E-state index in [2.05, 4.69) is 6.92 Å². The van der Waals surface area contributed by atoms with Crippen LogP contribution in [-0.2, 0) is 9.59 Å². The van der Waals surface area contributed by atoms with E-state index in [4.69, 9.17) is 5.11 Å². The largest absolute Gasteiger partial charge is 0.481 e. The van der Waals surface area contributed by atoms with Crippen LogP contribution in [0.2, 0.25) is 0 Å². The molecule has 0 saturated carbocycles. The average molecular weight is 228 g/mol. The summed E-state index contributed by atoms with van der Waals surface area (Å²) in [5.74, 6) is -0.952. The lowest BCUT2D eigenvalue weighted by Gasteiger charge is -2.38. The maximum Gasteiger partial charge on any atom is 0.305 e. The predicted molar refractivity (Wildman–Crippen MR) is 60.2 cm³/mol. The number of piperazine rings is 1. The minimum atomic E-state index is -0.914. The Labute approximate surface area is 96.0 Å². The SMILES string of the molecule is CCCCN1CCN(C)C(CC(=O)O)C1=O. The van der Waals surface area contributed by atoms with Crippen LogP contribution in [0.15, 0.2) is 0 Å². The van der Waals surface area contributed by atoms with Crippen LogP contribution in [0.1, 0.15) is 26.2 Å². The van der Waals surface area contributed by atoms with E-state index in [1.807, 2.05) is 11.9 Å². The molecule has 1 aliphatic rings. The Bertz CT molecular complexity index is 266. The smallest absolute Gasteiger partial charge is 0.305 e. The highest BCUT2D eigenvalue weighted by atomic mass is 16.4. The molecule has 1 unspecified atom stereocenters. The topological polar surface area (TPSA) is 60.9 Å². The highest BCUT2D eigenvalue weighted by Gasteiger charge is 2.33. The third-order valence-corrected chi connectivity index (χ3v) is 3.00. The molecule has 92 valence electrons. The Morgan fingerprint density at radius 2 is 2.19 bits per heavy atom. The first-order chi connectivity index (χ1) is 7.56. The van der Waals surface area contributed by atoms with Gasteiger partial charge in [0.15, 0.2) is 0 Å². The molecule has 1 rings (SSSR count). The van der Waals surface area contributed by atoms with Gasteiger partial charge < -0.3 is 10.0 Å². The molecule has 1 aliphatic heterocycles. The molecule has 1 fully saturated rings. The standard InChI is InChI=1S/C11H20N2O3/c1-3-4-5-13-7-6-12(2)9(11(13)16)8-10(14)15/h9H,3-8H2,1-2H3,(H,14,15). The molecule has 0 spiro atoms. The van der Waals surface area contributed by atoms with Crippen LogP contribution in [0, 0.1) is 0 Å². The van der Waals surface area contributed by atoms with Gasteiger partial charge in [0.1, 0.15) is 0 Å². The summed E-state index contributed by atoms with van der Waals surface area (Å²) >= 11 is 0. The number of carbonyl (C=O) groups is 2. The number of likely N-dealkylation sites (N-methyl/N-ethyl adjacent to an activating group) is 1. The maximum absolute atomic E-state index is 12.0. The summed E-state index contributed by atoms with van der Waals surface area (Å²) in [6.45, 7) is 4.30. The molecular formula is C11H20N2O3. The number of carboxylic acid groups (broad SMARTS) is 1. The molecular weight excluding hydrogens is 208 g/mol. The summed E-state index contributed by atoms with van der Waals surface area (Å²) in [5, 5.41) is 8.77. The van der Waals surface area contributed by atoms with E-state index in [-0.39, 0.29) is 12.3 Å². The van der Waals surface area contributed by atoms with Gasteiger partial charge in [-0.3, -0.25) is 14.5 Å². The third-order valence-electron chi connectivity index (χ3n) is 3.00. The second-order valence-corrected chi connectivity index (χ2v) is 4.27. The fourth-order valence-electron chi connectivity index (χ4n) is 1.92. The van der Waals surface area contributed by atoms with Crippen molar-refractivity contribution in [3.8, 4) is 0 Å². The quantitative estimate of drug-likeness (QED) is 0.740. The second-order valence-electron chi connectivity index (χ2n) is 4.27. The van der Waals surface area contributed by atoms with Gasteiger partial charge in [0, 0.05) is 19.6 Å². The molecule has 1 heterocycles. The van der Waals surface area contributed by atoms with E-state index in [1.54, 1.807) is 4.90 Å². The van der Waals surface area contributed by atoms with Crippen LogP contribution >= 0.6 is 0 Å². The molecule has 0 aliphatic carbocycles. The van der Waals surface area contributed by atoms with Crippen molar-refractivity contribution in [1.29, 1.82) is 0 Å². The van der Waals surface area contributed by atoms with Crippen LogP contribution in [-0.4, -0.2) is 59.5 Å². The number of hydrogen-bond donors (Lipinski definition) is 1. The van der Waals surface area contributed by atoms with E-state index >= 15 is 0 Å². The molecule has 0 aromatic rings. The van der Waals surface area contributed by atoms with Crippen LogP contribution < -0.4 is 0 Å². The number of unbranched alkanes of at least 4 members (excludes halogenated alkanes) is 1. The predicted octanol–water partition coefficient (Wildman–Crippen LogP) is 0.404. The highest BCUT2D eigenvalue weighted by Crippen LogP contribution is 2.13. The number of amides is 1. The van der Waals surface area contributed by atoms with Crippen molar-refractivity contribution in [3.63, 3.8) is 0 Å². The van der Waals surface area contributed by atoms with E-state index in [0.717, 1.165) is 25.9 Å². The Kier molecular flexibility index (Phi) is 4.73. The lowest BCUT2D eigenvalue weighted by atomic mass is 10.1. The highest BCUT2D eigenvalue weighted by molar-refractivity contribution is 5.86. The van der Waals surface area contributed by atoms with Crippen LogP contribution in [0.5, 0.6) is 0 Å². The van der Waals surface area contributed by atoms with Gasteiger partial charge >= 0.3 is 5.97 Å². The van der Waals surface area contributed by atoms with Crippen LogP contribution in [0.25, 0.3) is 0 Å². The number of aliphatic carboxylic acids is 1. The van der Waals surface area contributed by atoms with Crippen molar-refractivity contribution in [3.05, 3.63) is 0 Å². The van der Waals surface area contributed by atoms with Gasteiger partial charge in [-0.05, 0) is 13.5 Å². The molecule has 0 aromatic carbocycles. The van der Waals surface area contributed by atoms with Gasteiger partial charge in [-0.25, -0.2) is 0 Å². The van der Waals surface area contributed by atoms with E-state index in [9.17, 15) is 9.59 Å². The minimum Gasteiger partial charge on any atom is -0.481 e. The van der Waals surface area contributed by atoms with Crippen molar-refractivity contribution >= 4 is 11.9 Å². The van der Waals surface area contributed by atoms with Crippen molar-refractivity contribution in [2.24, 2.45) is 0 Å². The fraction of sp³-hybridized carbons (Fsp3) is 0.818. The van der Waals surface area contributed by atoms with Gasteiger partial charge in [-0.1, -0.05) is 13.3 Å². The summed E-state index contributed by atoms with van der Waals surface area (Å²) in [6.07, 6.45) is 1.93.